The number of rotatable bonds is 8. The molecule has 0 amide bonds. The predicted molar refractivity (Wildman–Crippen MR) is 367 cm³/mol. The van der Waals surface area contributed by atoms with Crippen molar-refractivity contribution in [3.63, 3.8) is 0 Å². The Morgan fingerprint density at radius 1 is 0.419 bits per heavy atom. The number of thiophene rings is 2. The average molecular weight is 1550 g/mol. The van der Waals surface area contributed by atoms with Crippen LogP contribution in [0.5, 0.6) is 0 Å². The van der Waals surface area contributed by atoms with E-state index in [2.05, 4.69) is 171 Å². The third-order valence-corrected chi connectivity index (χ3v) is 23.0. The Morgan fingerprint density at radius 3 is 1.44 bits per heavy atom. The molecule has 10 heteroatoms. The summed E-state index contributed by atoms with van der Waals surface area (Å²) in [4.78, 5) is 18.2. The fourth-order valence-electron chi connectivity index (χ4n) is 12.1. The SMILES string of the molecule is C[Si](C)(C)c1c[c-]c(-c2cc(C3CCCCC3)ccn2)c2sc3ccccc3c12.C[Si](C)(C)c1cccc2sc3c(-c4cc(C5CCCCC5)ccn4)[c-]ccc3c12.Cc1ccc(-c2[c-]cccc2)nc1.Cc1ccc(-c2[c-]cccc2)nc1.[Ir].[Ir]. The van der Waals surface area contributed by atoms with Gasteiger partial charge in [0.2, 0.25) is 0 Å². The molecule has 442 valence electrons. The maximum Gasteiger partial charge on any atom is 0.0783 e. The molecule has 2 fully saturated rings. The van der Waals surface area contributed by atoms with Crippen molar-refractivity contribution in [1.82, 2.24) is 19.9 Å². The fourth-order valence-corrected chi connectivity index (χ4v) is 17.8. The van der Waals surface area contributed by atoms with E-state index in [0.29, 0.717) is 11.8 Å². The summed E-state index contributed by atoms with van der Waals surface area (Å²) < 4.78 is 5.46. The van der Waals surface area contributed by atoms with Gasteiger partial charge in [-0.1, -0.05) is 172 Å². The zero-order valence-corrected chi connectivity index (χ0v) is 59.2. The summed E-state index contributed by atoms with van der Waals surface area (Å²) in [5.41, 5.74) is 13.9. The summed E-state index contributed by atoms with van der Waals surface area (Å²) in [5.74, 6) is 1.40. The van der Waals surface area contributed by atoms with E-state index in [-0.39, 0.29) is 40.2 Å². The van der Waals surface area contributed by atoms with Crippen molar-refractivity contribution in [3.05, 3.63) is 229 Å². The van der Waals surface area contributed by atoms with Crippen LogP contribution in [0.4, 0.5) is 0 Å². The molecule has 0 bridgehead atoms. The first-order valence-corrected chi connectivity index (χ1v) is 38.8. The van der Waals surface area contributed by atoms with Crippen LogP contribution in [0.15, 0.2) is 183 Å². The Morgan fingerprint density at radius 2 is 0.930 bits per heavy atom. The molecule has 14 rings (SSSR count). The van der Waals surface area contributed by atoms with Gasteiger partial charge in [-0.25, -0.2) is 0 Å². The minimum Gasteiger partial charge on any atom is -0.305 e. The zero-order valence-electron chi connectivity index (χ0n) is 50.8. The second-order valence-corrected chi connectivity index (χ2v) is 37.1. The molecular weight excluding hydrogens is 1470 g/mol. The third-order valence-electron chi connectivity index (χ3n) is 16.6. The third kappa shape index (κ3) is 15.3. The van der Waals surface area contributed by atoms with Gasteiger partial charge in [-0.15, -0.1) is 118 Å². The van der Waals surface area contributed by atoms with Gasteiger partial charge in [-0.3, -0.25) is 0 Å². The van der Waals surface area contributed by atoms with Crippen molar-refractivity contribution in [3.8, 4) is 45.0 Å². The van der Waals surface area contributed by atoms with Crippen molar-refractivity contribution in [2.24, 2.45) is 0 Å². The van der Waals surface area contributed by atoms with Gasteiger partial charge in [0.15, 0.2) is 0 Å². The molecule has 2 aliphatic rings. The van der Waals surface area contributed by atoms with Crippen LogP contribution in [0.25, 0.3) is 85.4 Å². The van der Waals surface area contributed by atoms with Gasteiger partial charge in [0.25, 0.3) is 0 Å². The molecule has 86 heavy (non-hydrogen) atoms. The monoisotopic (exact) mass is 1550 g/mol. The van der Waals surface area contributed by atoms with Gasteiger partial charge in [-0.05, 0) is 130 Å². The van der Waals surface area contributed by atoms with Crippen LogP contribution in [-0.2, 0) is 40.2 Å². The minimum atomic E-state index is -1.49. The van der Waals surface area contributed by atoms with Gasteiger partial charge in [0.05, 0.1) is 8.07 Å². The number of hydrogen-bond donors (Lipinski definition) is 0. The molecule has 0 spiro atoms. The van der Waals surface area contributed by atoms with Gasteiger partial charge in [-0.2, -0.15) is 22.7 Å². The van der Waals surface area contributed by atoms with Crippen LogP contribution in [-0.4, -0.2) is 36.1 Å². The first-order chi connectivity index (χ1) is 40.8. The first kappa shape index (κ1) is 64.6. The van der Waals surface area contributed by atoms with E-state index in [0.717, 1.165) is 33.9 Å². The maximum atomic E-state index is 4.80. The Hall–Kier alpha value is -5.91. The Bertz CT molecular complexity index is 4060. The molecule has 2 saturated carbocycles. The maximum absolute atomic E-state index is 4.80. The van der Waals surface area contributed by atoms with Gasteiger partial charge in [0.1, 0.15) is 0 Å². The number of nitrogens with zero attached hydrogens (tertiary/aromatic N) is 4. The zero-order chi connectivity index (χ0) is 58.2. The second-order valence-electron chi connectivity index (χ2n) is 24.9. The molecule has 6 aromatic carbocycles. The number of aryl methyl sites for hydroxylation is 2. The van der Waals surface area contributed by atoms with Crippen LogP contribution >= 0.6 is 22.7 Å². The Labute approximate surface area is 548 Å². The van der Waals surface area contributed by atoms with Crippen molar-refractivity contribution in [1.29, 1.82) is 0 Å². The number of benzene rings is 6. The van der Waals surface area contributed by atoms with E-state index >= 15 is 0 Å². The molecule has 6 aromatic heterocycles. The Kier molecular flexibility index (Phi) is 22.1. The summed E-state index contributed by atoms with van der Waals surface area (Å²) in [7, 11) is -2.91. The van der Waals surface area contributed by atoms with E-state index in [9.17, 15) is 0 Å². The second kappa shape index (κ2) is 29.4. The first-order valence-electron chi connectivity index (χ1n) is 30.2. The predicted octanol–water partition coefficient (Wildman–Crippen LogP) is 20.7. The quantitative estimate of drug-likeness (QED) is 0.112. The Balaban J connectivity index is 0.000000145. The number of aromatic nitrogens is 4. The normalized spacial score (nSPS) is 13.8. The smallest absolute Gasteiger partial charge is 0.0783 e. The molecular formula is C76H76Ir2N4S2Si2-4. The van der Waals surface area contributed by atoms with Gasteiger partial charge in [0, 0.05) is 82.5 Å². The molecule has 2 aliphatic carbocycles. The summed E-state index contributed by atoms with van der Waals surface area (Å²) in [6, 6.07) is 68.9. The van der Waals surface area contributed by atoms with Gasteiger partial charge < -0.3 is 19.9 Å². The number of hydrogen-bond acceptors (Lipinski definition) is 6. The summed E-state index contributed by atoms with van der Waals surface area (Å²) in [6.07, 6.45) is 21.3. The fraction of sp³-hybridized carbons (Fsp3) is 0.263. The molecule has 0 saturated heterocycles. The van der Waals surface area contributed by atoms with Crippen LogP contribution < -0.4 is 10.4 Å². The van der Waals surface area contributed by atoms with Crippen LogP contribution in [0.2, 0.25) is 39.3 Å². The van der Waals surface area contributed by atoms with Crippen LogP contribution in [0.1, 0.15) is 98.3 Å². The van der Waals surface area contributed by atoms with E-state index in [1.807, 2.05) is 122 Å². The van der Waals surface area contributed by atoms with Crippen molar-refractivity contribution < 1.29 is 40.2 Å². The molecule has 0 N–H and O–H groups in total. The molecule has 6 heterocycles. The molecule has 12 aromatic rings. The standard InChI is InChI=1S/2C26H28NSSi.2C12H10N.2Ir/c1-29(2,3)24-14-8-13-23-25(24)21-12-7-11-20(26(21)28-23)22-17-19(15-16-27-22)18-9-5-4-6-10-18;1-29(2,3)24-14-13-20(26-25(24)21-11-7-8-12-23(21)28-26)22-17-19(15-16-27-22)18-9-5-4-6-10-18;2*1-10-7-8-12(13-9-10)11-5-3-2-4-6-11;;/h7-8,12-18H,4-6,9-10H2,1-3H3;7-8,11-12,14-18H,4-6,9-10H2,1-3H3;2*2-5,7-9H,1H3;;/q4*-1;;. The van der Waals surface area contributed by atoms with Crippen molar-refractivity contribution in [2.45, 2.75) is 129 Å². The van der Waals surface area contributed by atoms with Crippen LogP contribution in [0, 0.1) is 38.1 Å². The largest absolute Gasteiger partial charge is 0.305 e. The summed E-state index contributed by atoms with van der Waals surface area (Å²) >= 11 is 3.81. The molecule has 0 atom stereocenters. The average Bonchev–Trinajstić information content (AvgIpc) is 1.68. The molecule has 4 nitrogen and oxygen atoms in total. The van der Waals surface area contributed by atoms with E-state index in [4.69, 9.17) is 9.97 Å². The van der Waals surface area contributed by atoms with Crippen molar-refractivity contribution in [2.75, 3.05) is 0 Å². The number of fused-ring (bicyclic) bond motifs is 6. The molecule has 2 radical (unpaired) electrons. The van der Waals surface area contributed by atoms with Crippen molar-refractivity contribution >= 4 is 89.5 Å². The molecule has 0 unspecified atom stereocenters. The van der Waals surface area contributed by atoms with Crippen LogP contribution in [0.3, 0.4) is 0 Å². The summed E-state index contributed by atoms with van der Waals surface area (Å²) in [6.45, 7) is 18.7. The van der Waals surface area contributed by atoms with E-state index in [1.54, 1.807) is 5.19 Å². The van der Waals surface area contributed by atoms with E-state index < -0.39 is 16.1 Å². The minimum absolute atomic E-state index is 0. The number of pyridine rings is 4. The summed E-state index contributed by atoms with van der Waals surface area (Å²) in [5, 5.41) is 8.75. The topological polar surface area (TPSA) is 51.6 Å². The van der Waals surface area contributed by atoms with Gasteiger partial charge >= 0.3 is 0 Å². The molecule has 0 aliphatic heterocycles. The van der Waals surface area contributed by atoms with E-state index in [1.165, 1.54) is 143 Å².